The number of aliphatic hydroxyl groups is 1. The van der Waals surface area contributed by atoms with Crippen molar-refractivity contribution < 1.29 is 9.84 Å². The molecule has 1 unspecified atom stereocenters. The summed E-state index contributed by atoms with van der Waals surface area (Å²) in [6, 6.07) is 7.99. The third kappa shape index (κ3) is 2.99. The Hall–Kier alpha value is -1.06. The summed E-state index contributed by atoms with van der Waals surface area (Å²) in [5.41, 5.74) is 1.01. The molecule has 0 bridgehead atoms. The highest BCUT2D eigenvalue weighted by atomic mass is 16.5. The molecule has 3 heteroatoms. The zero-order valence-corrected chi connectivity index (χ0v) is 12.9. The van der Waals surface area contributed by atoms with Crippen molar-refractivity contribution >= 4 is 0 Å². The molecule has 1 aromatic rings. The number of para-hydroxylation sites is 1. The molecule has 1 N–H and O–H groups in total. The predicted molar refractivity (Wildman–Crippen MR) is 82.2 cm³/mol. The summed E-state index contributed by atoms with van der Waals surface area (Å²) in [4.78, 5) is 2.23. The zero-order valence-electron chi connectivity index (χ0n) is 12.9. The van der Waals surface area contributed by atoms with Crippen LogP contribution in [0, 0.1) is 0 Å². The fourth-order valence-corrected chi connectivity index (χ4v) is 3.51. The van der Waals surface area contributed by atoms with Crippen LogP contribution in [0.15, 0.2) is 24.3 Å². The number of nitrogens with zero attached hydrogens (tertiary/aromatic N) is 1. The maximum Gasteiger partial charge on any atom is 0.122 e. The summed E-state index contributed by atoms with van der Waals surface area (Å²) >= 11 is 0. The van der Waals surface area contributed by atoms with Crippen LogP contribution in [0.5, 0.6) is 5.75 Å². The Morgan fingerprint density at radius 1 is 1.20 bits per heavy atom. The molecule has 3 nitrogen and oxygen atoms in total. The summed E-state index contributed by atoms with van der Waals surface area (Å²) in [5.74, 6) is 0.872. The van der Waals surface area contributed by atoms with E-state index in [1.165, 1.54) is 19.3 Å². The Labute approximate surface area is 122 Å². The summed E-state index contributed by atoms with van der Waals surface area (Å²) in [6.07, 6.45) is 6.17. The van der Waals surface area contributed by atoms with Gasteiger partial charge in [-0.2, -0.15) is 0 Å². The predicted octanol–water partition coefficient (Wildman–Crippen LogP) is 2.86. The van der Waals surface area contributed by atoms with Gasteiger partial charge in [-0.3, -0.25) is 0 Å². The van der Waals surface area contributed by atoms with Gasteiger partial charge < -0.3 is 14.7 Å². The highest BCUT2D eigenvalue weighted by molar-refractivity contribution is 5.34. The molecule has 0 aliphatic heterocycles. The van der Waals surface area contributed by atoms with Crippen LogP contribution in [-0.2, 0) is 6.42 Å². The van der Waals surface area contributed by atoms with Gasteiger partial charge in [0, 0.05) is 12.0 Å². The van der Waals surface area contributed by atoms with Gasteiger partial charge in [0.2, 0.25) is 0 Å². The summed E-state index contributed by atoms with van der Waals surface area (Å²) in [7, 11) is 5.88. The highest BCUT2D eigenvalue weighted by Crippen LogP contribution is 2.37. The Morgan fingerprint density at radius 3 is 2.45 bits per heavy atom. The van der Waals surface area contributed by atoms with Gasteiger partial charge in [0.05, 0.1) is 13.2 Å². The lowest BCUT2D eigenvalue weighted by molar-refractivity contribution is -0.0312. The molecule has 1 aromatic carbocycles. The van der Waals surface area contributed by atoms with Crippen molar-refractivity contribution in [2.24, 2.45) is 0 Å². The maximum absolute atomic E-state index is 10.9. The van der Waals surface area contributed by atoms with Gasteiger partial charge in [-0.05, 0) is 38.6 Å². The van der Waals surface area contributed by atoms with E-state index in [9.17, 15) is 5.11 Å². The SMILES string of the molecule is COc1ccccc1CC(O)C1(N(C)C)CCCCC1. The molecule has 0 radical (unpaired) electrons. The minimum atomic E-state index is -0.353. The van der Waals surface area contributed by atoms with E-state index in [-0.39, 0.29) is 11.6 Å². The van der Waals surface area contributed by atoms with Crippen LogP contribution in [0.4, 0.5) is 0 Å². The van der Waals surface area contributed by atoms with Gasteiger partial charge in [0.15, 0.2) is 0 Å². The van der Waals surface area contributed by atoms with Crippen LogP contribution < -0.4 is 4.74 Å². The Kier molecular flexibility index (Phi) is 5.06. The van der Waals surface area contributed by atoms with Crippen LogP contribution in [0.1, 0.15) is 37.7 Å². The molecule has 0 heterocycles. The smallest absolute Gasteiger partial charge is 0.122 e. The van der Waals surface area contributed by atoms with Crippen LogP contribution in [0.2, 0.25) is 0 Å². The summed E-state index contributed by atoms with van der Waals surface area (Å²) < 4.78 is 5.40. The van der Waals surface area contributed by atoms with Crippen molar-refractivity contribution in [3.8, 4) is 5.75 Å². The Bertz CT molecular complexity index is 425. The van der Waals surface area contributed by atoms with E-state index in [0.29, 0.717) is 6.42 Å². The summed E-state index contributed by atoms with van der Waals surface area (Å²) in [5, 5.41) is 10.9. The second-order valence-corrected chi connectivity index (χ2v) is 6.09. The number of likely N-dealkylation sites (N-methyl/N-ethyl adjacent to an activating group) is 1. The largest absolute Gasteiger partial charge is 0.496 e. The Balaban J connectivity index is 2.18. The lowest BCUT2D eigenvalue weighted by atomic mass is 9.75. The number of hydrogen-bond acceptors (Lipinski definition) is 3. The maximum atomic E-state index is 10.9. The molecular weight excluding hydrogens is 250 g/mol. The summed E-state index contributed by atoms with van der Waals surface area (Å²) in [6.45, 7) is 0. The molecule has 2 rings (SSSR count). The van der Waals surface area contributed by atoms with Crippen molar-refractivity contribution in [1.29, 1.82) is 0 Å². The topological polar surface area (TPSA) is 32.7 Å². The van der Waals surface area contributed by atoms with E-state index < -0.39 is 0 Å². The van der Waals surface area contributed by atoms with Crippen LogP contribution in [0.3, 0.4) is 0 Å². The first kappa shape index (κ1) is 15.3. The fourth-order valence-electron chi connectivity index (χ4n) is 3.51. The van der Waals surface area contributed by atoms with Gasteiger partial charge in [-0.25, -0.2) is 0 Å². The van der Waals surface area contributed by atoms with Gasteiger partial charge in [-0.15, -0.1) is 0 Å². The van der Waals surface area contributed by atoms with E-state index >= 15 is 0 Å². The zero-order chi connectivity index (χ0) is 14.6. The lowest BCUT2D eigenvalue weighted by Gasteiger charge is -2.46. The molecule has 112 valence electrons. The first-order chi connectivity index (χ1) is 9.60. The van der Waals surface area contributed by atoms with E-state index in [1.54, 1.807) is 7.11 Å². The van der Waals surface area contributed by atoms with Crippen LogP contribution in [0.25, 0.3) is 0 Å². The minimum absolute atomic E-state index is 0.0842. The second-order valence-electron chi connectivity index (χ2n) is 6.09. The van der Waals surface area contributed by atoms with Gasteiger partial charge in [-0.1, -0.05) is 37.5 Å². The molecule has 1 atom stereocenters. The molecule has 0 amide bonds. The molecule has 1 saturated carbocycles. The molecule has 20 heavy (non-hydrogen) atoms. The standard InChI is InChI=1S/C17H27NO2/c1-18(2)17(11-7-4-8-12-17)16(19)13-14-9-5-6-10-15(14)20-3/h5-6,9-10,16,19H,4,7-8,11-13H2,1-3H3. The van der Waals surface area contributed by atoms with E-state index in [1.807, 2.05) is 24.3 Å². The van der Waals surface area contributed by atoms with Gasteiger partial charge in [0.1, 0.15) is 5.75 Å². The first-order valence-electron chi connectivity index (χ1n) is 7.57. The average Bonchev–Trinajstić information content (AvgIpc) is 2.48. The molecule has 1 fully saturated rings. The molecular formula is C17H27NO2. The lowest BCUT2D eigenvalue weighted by Crippen LogP contribution is -2.55. The number of aliphatic hydroxyl groups excluding tert-OH is 1. The average molecular weight is 277 g/mol. The third-order valence-electron chi connectivity index (χ3n) is 4.84. The van der Waals surface area contributed by atoms with Crippen molar-refractivity contribution in [2.45, 2.75) is 50.2 Å². The van der Waals surface area contributed by atoms with Crippen molar-refractivity contribution in [3.05, 3.63) is 29.8 Å². The van der Waals surface area contributed by atoms with Crippen molar-refractivity contribution in [3.63, 3.8) is 0 Å². The number of rotatable bonds is 5. The molecule has 1 aliphatic carbocycles. The molecule has 0 aromatic heterocycles. The molecule has 0 saturated heterocycles. The van der Waals surface area contributed by atoms with Crippen molar-refractivity contribution in [2.75, 3.05) is 21.2 Å². The van der Waals surface area contributed by atoms with E-state index in [4.69, 9.17) is 4.74 Å². The normalized spacial score (nSPS) is 19.9. The second kappa shape index (κ2) is 6.59. The van der Waals surface area contributed by atoms with Crippen LogP contribution >= 0.6 is 0 Å². The molecule has 0 spiro atoms. The minimum Gasteiger partial charge on any atom is -0.496 e. The third-order valence-corrected chi connectivity index (χ3v) is 4.84. The first-order valence-corrected chi connectivity index (χ1v) is 7.57. The number of ether oxygens (including phenoxy) is 1. The monoisotopic (exact) mass is 277 g/mol. The van der Waals surface area contributed by atoms with Gasteiger partial charge in [0.25, 0.3) is 0 Å². The fraction of sp³-hybridized carbons (Fsp3) is 0.647. The van der Waals surface area contributed by atoms with E-state index in [0.717, 1.165) is 24.2 Å². The Morgan fingerprint density at radius 2 is 1.85 bits per heavy atom. The number of hydrogen-bond donors (Lipinski definition) is 1. The molecule has 1 aliphatic rings. The number of benzene rings is 1. The highest BCUT2D eigenvalue weighted by Gasteiger charge is 2.41. The number of methoxy groups -OCH3 is 1. The van der Waals surface area contributed by atoms with E-state index in [2.05, 4.69) is 19.0 Å². The van der Waals surface area contributed by atoms with Crippen LogP contribution in [-0.4, -0.2) is 42.9 Å². The van der Waals surface area contributed by atoms with Crippen molar-refractivity contribution in [1.82, 2.24) is 4.90 Å². The quantitative estimate of drug-likeness (QED) is 0.898. The van der Waals surface area contributed by atoms with Gasteiger partial charge >= 0.3 is 0 Å².